The summed E-state index contributed by atoms with van der Waals surface area (Å²) >= 11 is 3.60. The molecule has 0 radical (unpaired) electrons. The molecule has 0 aliphatic heterocycles. The summed E-state index contributed by atoms with van der Waals surface area (Å²) < 4.78 is 23.0. The van der Waals surface area contributed by atoms with Crippen LogP contribution in [0.5, 0.6) is 0 Å². The van der Waals surface area contributed by atoms with Gasteiger partial charge in [0, 0.05) is 0 Å². The second kappa shape index (κ2) is 3.25. The van der Waals surface area contributed by atoms with Crippen molar-refractivity contribution in [3.63, 3.8) is 0 Å². The fraction of sp³-hybridized carbons (Fsp3) is 0. The molecule has 0 amide bonds. The Balaban J connectivity index is 3.14. The third kappa shape index (κ3) is 1.95. The van der Waals surface area contributed by atoms with Gasteiger partial charge in [-0.15, -0.1) is 0 Å². The Bertz CT molecular complexity index is 320. The van der Waals surface area contributed by atoms with Crippen LogP contribution in [-0.2, 0) is 10.0 Å². The van der Waals surface area contributed by atoms with E-state index in [0.29, 0.717) is 0 Å². The number of sulfonamides is 1. The predicted octanol–water partition coefficient (Wildman–Crippen LogP) is -0.216. The predicted molar refractivity (Wildman–Crippen MR) is 44.5 cm³/mol. The highest BCUT2D eigenvalue weighted by atomic mass is 32.3. The molecule has 0 bridgehead atoms. The smallest absolute Gasteiger partial charge is 0.178 e. The molecule has 3 nitrogen and oxygen atoms in total. The summed E-state index contributed by atoms with van der Waals surface area (Å²) in [6.07, 6.45) is 0. The summed E-state index contributed by atoms with van der Waals surface area (Å²) in [6, 6.07) is 8.16. The van der Waals surface area contributed by atoms with Crippen LogP contribution in [0.2, 0.25) is 0 Å². The molecule has 0 saturated carbocycles. The Kier molecular flexibility index (Phi) is 2.53. The van der Waals surface area contributed by atoms with E-state index in [1.807, 2.05) is 0 Å². The monoisotopic (exact) mass is 190 g/mol. The van der Waals surface area contributed by atoms with Crippen LogP contribution < -0.4 is 4.13 Å². The first-order valence-corrected chi connectivity index (χ1v) is 5.00. The van der Waals surface area contributed by atoms with E-state index in [2.05, 4.69) is 12.8 Å². The minimum Gasteiger partial charge on any atom is -0.178 e. The summed E-state index contributed by atoms with van der Waals surface area (Å²) in [6.45, 7) is 0. The van der Waals surface area contributed by atoms with Crippen molar-refractivity contribution in [2.45, 2.75) is 4.90 Å². The molecule has 0 aromatic heterocycles. The van der Waals surface area contributed by atoms with Crippen molar-refractivity contribution in [3.05, 3.63) is 30.3 Å². The van der Waals surface area contributed by atoms with Crippen molar-refractivity contribution in [3.8, 4) is 0 Å². The number of nitrogens with two attached hydrogens (primary N) is 1. The van der Waals surface area contributed by atoms with Gasteiger partial charge in [-0.25, -0.2) is 0 Å². The van der Waals surface area contributed by atoms with Gasteiger partial charge in [-0.3, -0.25) is 0 Å². The lowest BCUT2D eigenvalue weighted by Gasteiger charge is -1.94. The van der Waals surface area contributed by atoms with Gasteiger partial charge in [0.1, 0.15) is 4.90 Å². The van der Waals surface area contributed by atoms with Gasteiger partial charge >= 0.3 is 10.0 Å². The van der Waals surface area contributed by atoms with Crippen LogP contribution in [0, 0.1) is 0 Å². The van der Waals surface area contributed by atoms with E-state index < -0.39 is 10.0 Å². The number of hydrogen-bond donors (Lipinski definition) is 2. The highest BCUT2D eigenvalue weighted by Gasteiger charge is 2.13. The zero-order valence-electron chi connectivity index (χ0n) is 5.64. The van der Waals surface area contributed by atoms with E-state index in [1.165, 1.54) is 12.1 Å². The van der Waals surface area contributed by atoms with Crippen molar-refractivity contribution in [1.29, 1.82) is 0 Å². The zero-order chi connectivity index (χ0) is 8.32. The molecule has 0 unspecified atom stereocenters. The average molecular weight is 190 g/mol. The van der Waals surface area contributed by atoms with Gasteiger partial charge in [0.05, 0.1) is 12.8 Å². The van der Waals surface area contributed by atoms with E-state index in [1.54, 1.807) is 18.2 Å². The molecule has 5 heteroatoms. The van der Waals surface area contributed by atoms with Gasteiger partial charge in [0.2, 0.25) is 0 Å². The van der Waals surface area contributed by atoms with E-state index in [0.717, 1.165) is 4.13 Å². The van der Waals surface area contributed by atoms with Crippen molar-refractivity contribution < 1.29 is 12.5 Å². The van der Waals surface area contributed by atoms with Crippen molar-refractivity contribution in [2.75, 3.05) is 0 Å². The van der Waals surface area contributed by atoms with Crippen LogP contribution in [0.3, 0.4) is 0 Å². The number of benzene rings is 1. The van der Waals surface area contributed by atoms with Crippen LogP contribution in [0.25, 0.3) is 0 Å². The molecule has 2 N–H and O–H groups in total. The molecule has 1 aromatic rings. The first-order valence-electron chi connectivity index (χ1n) is 2.94. The second-order valence-electron chi connectivity index (χ2n) is 1.96. The van der Waals surface area contributed by atoms with E-state index in [-0.39, 0.29) is 4.90 Å². The van der Waals surface area contributed by atoms with E-state index in [4.69, 9.17) is 0 Å². The minimum atomic E-state index is -3.26. The molecule has 0 aliphatic carbocycles. The molecule has 0 fully saturated rings. The largest absolute Gasteiger partial charge is 0.334 e. The van der Waals surface area contributed by atoms with Gasteiger partial charge < -0.3 is 0 Å². The number of rotatable bonds is 2. The number of quaternary nitrogens is 1. The fourth-order valence-electron chi connectivity index (χ4n) is 0.671. The minimum absolute atomic E-state index is 0.273. The molecule has 0 heterocycles. The summed E-state index contributed by atoms with van der Waals surface area (Å²) in [7, 11) is -3.26. The SMILES string of the molecule is O=S(=O)([NH2+]S)c1ccccc1. The van der Waals surface area contributed by atoms with Crippen molar-refractivity contribution >= 4 is 22.8 Å². The highest BCUT2D eigenvalue weighted by molar-refractivity contribution is 7.92. The molecule has 11 heavy (non-hydrogen) atoms. The number of primary sulfonamides is 1. The van der Waals surface area contributed by atoms with Crippen molar-refractivity contribution in [2.24, 2.45) is 0 Å². The van der Waals surface area contributed by atoms with Crippen LogP contribution >= 0.6 is 12.8 Å². The van der Waals surface area contributed by atoms with Gasteiger partial charge in [-0.2, -0.15) is 12.5 Å². The maximum atomic E-state index is 11.1. The third-order valence-electron chi connectivity index (χ3n) is 1.21. The first-order chi connectivity index (χ1) is 5.17. The van der Waals surface area contributed by atoms with Gasteiger partial charge in [-0.1, -0.05) is 18.2 Å². The summed E-state index contributed by atoms with van der Waals surface area (Å²) in [5.41, 5.74) is 0. The first kappa shape index (κ1) is 8.58. The van der Waals surface area contributed by atoms with Crippen molar-refractivity contribution in [1.82, 2.24) is 0 Å². The quantitative estimate of drug-likeness (QED) is 0.634. The van der Waals surface area contributed by atoms with Crippen LogP contribution in [0.4, 0.5) is 0 Å². The molecule has 1 aromatic carbocycles. The Labute approximate surface area is 71.0 Å². The highest BCUT2D eigenvalue weighted by Crippen LogP contribution is 2.02. The summed E-state index contributed by atoms with van der Waals surface area (Å²) in [5, 5.41) is 0. The molecule has 0 saturated heterocycles. The van der Waals surface area contributed by atoms with E-state index >= 15 is 0 Å². The Morgan fingerprint density at radius 3 is 2.18 bits per heavy atom. The molecule has 0 spiro atoms. The zero-order valence-corrected chi connectivity index (χ0v) is 7.35. The molecule has 0 aliphatic rings. The lowest BCUT2D eigenvalue weighted by atomic mass is 10.4. The molecule has 1 rings (SSSR count). The summed E-state index contributed by atoms with van der Waals surface area (Å²) in [5.74, 6) is 0. The van der Waals surface area contributed by atoms with Crippen LogP contribution in [0.1, 0.15) is 0 Å². The second-order valence-corrected chi connectivity index (χ2v) is 4.37. The standard InChI is InChI=1S/C6H7NO2S2/c8-11(9,7-10)6-4-2-1-3-5-6/h1-5,7,10H/p+1. The normalized spacial score (nSPS) is 11.4. The molecule has 60 valence electrons. The number of thiol groups is 1. The molecule has 0 atom stereocenters. The maximum Gasteiger partial charge on any atom is 0.334 e. The molecular weight excluding hydrogens is 182 g/mol. The van der Waals surface area contributed by atoms with E-state index in [9.17, 15) is 8.42 Å². The Morgan fingerprint density at radius 2 is 1.73 bits per heavy atom. The summed E-state index contributed by atoms with van der Waals surface area (Å²) in [4.78, 5) is 0.273. The molecular formula is C6H8NO2S2+. The van der Waals surface area contributed by atoms with Crippen LogP contribution in [-0.4, -0.2) is 8.42 Å². The van der Waals surface area contributed by atoms with Gasteiger partial charge in [0.15, 0.2) is 0 Å². The van der Waals surface area contributed by atoms with Gasteiger partial charge in [0.25, 0.3) is 0 Å². The maximum absolute atomic E-state index is 11.1. The van der Waals surface area contributed by atoms with Crippen LogP contribution in [0.15, 0.2) is 35.2 Å². The lowest BCUT2D eigenvalue weighted by molar-refractivity contribution is -0.285. The topological polar surface area (TPSA) is 50.8 Å². The van der Waals surface area contributed by atoms with Gasteiger partial charge in [-0.05, 0) is 12.1 Å². The lowest BCUT2D eigenvalue weighted by Crippen LogP contribution is -2.76. The fourth-order valence-corrected chi connectivity index (χ4v) is 1.69. The number of hydrogen-bond acceptors (Lipinski definition) is 3. The Hall–Kier alpha value is -0.520. The third-order valence-corrected chi connectivity index (χ3v) is 3.25. The average Bonchev–Trinajstić information content (AvgIpc) is 2.06. The Morgan fingerprint density at radius 1 is 1.18 bits per heavy atom.